The molecule has 1 N–H and O–H groups in total. The molecule has 1 saturated heterocycles. The number of rotatable bonds is 2. The lowest BCUT2D eigenvalue weighted by Gasteiger charge is -2.43. The monoisotopic (exact) mass is 233 g/mol. The van der Waals surface area contributed by atoms with Gasteiger partial charge in [0.25, 0.3) is 0 Å². The van der Waals surface area contributed by atoms with Crippen molar-refractivity contribution in [1.82, 2.24) is 4.90 Å². The summed E-state index contributed by atoms with van der Waals surface area (Å²) in [4.78, 5) is 2.34. The van der Waals surface area contributed by atoms with E-state index in [1.54, 1.807) is 0 Å². The molecule has 1 aromatic rings. The molecule has 2 nitrogen and oxygen atoms in total. The van der Waals surface area contributed by atoms with Crippen molar-refractivity contribution in [2.45, 2.75) is 38.2 Å². The van der Waals surface area contributed by atoms with E-state index in [1.165, 1.54) is 11.1 Å². The van der Waals surface area contributed by atoms with Crippen LogP contribution >= 0.6 is 0 Å². The van der Waals surface area contributed by atoms with Crippen LogP contribution in [-0.4, -0.2) is 36.2 Å². The highest BCUT2D eigenvalue weighted by atomic mass is 16.3. The summed E-state index contributed by atoms with van der Waals surface area (Å²) in [6, 6.07) is 8.68. The van der Waals surface area contributed by atoms with E-state index >= 15 is 0 Å². The predicted octanol–water partition coefficient (Wildman–Crippen LogP) is 2.34. The molecule has 1 aromatic carbocycles. The van der Waals surface area contributed by atoms with Crippen LogP contribution in [0.5, 0.6) is 0 Å². The summed E-state index contributed by atoms with van der Waals surface area (Å²) in [6.07, 6.45) is 1.81. The van der Waals surface area contributed by atoms with E-state index in [0.29, 0.717) is 0 Å². The summed E-state index contributed by atoms with van der Waals surface area (Å²) < 4.78 is 0. The van der Waals surface area contributed by atoms with Gasteiger partial charge in [0, 0.05) is 5.41 Å². The zero-order chi connectivity index (χ0) is 12.5. The number of hydrogen-bond acceptors (Lipinski definition) is 2. The fourth-order valence-corrected chi connectivity index (χ4v) is 2.85. The molecule has 0 aliphatic carbocycles. The van der Waals surface area contributed by atoms with E-state index in [1.807, 2.05) is 6.92 Å². The van der Waals surface area contributed by atoms with Crippen molar-refractivity contribution in [1.29, 1.82) is 0 Å². The Morgan fingerprint density at radius 1 is 1.18 bits per heavy atom. The Hall–Kier alpha value is -0.860. The van der Waals surface area contributed by atoms with Gasteiger partial charge in [0.2, 0.25) is 0 Å². The highest BCUT2D eigenvalue weighted by molar-refractivity contribution is 5.30. The first-order chi connectivity index (χ1) is 8.04. The maximum absolute atomic E-state index is 10.2. The van der Waals surface area contributed by atoms with Crippen LogP contribution in [-0.2, 0) is 5.41 Å². The number of piperidine rings is 1. The van der Waals surface area contributed by atoms with Gasteiger partial charge in [0.15, 0.2) is 0 Å². The molecule has 94 valence electrons. The van der Waals surface area contributed by atoms with E-state index in [4.69, 9.17) is 0 Å². The molecule has 17 heavy (non-hydrogen) atoms. The standard InChI is InChI=1S/C15H23NO/c1-12-4-6-14(7-5-12)15(13(2)17)8-10-16(3)11-9-15/h4-7,13,17H,8-11H2,1-3H3. The van der Waals surface area contributed by atoms with Gasteiger partial charge in [-0.2, -0.15) is 0 Å². The second-order valence-corrected chi connectivity index (χ2v) is 5.50. The zero-order valence-corrected chi connectivity index (χ0v) is 11.1. The molecule has 0 saturated carbocycles. The first-order valence-electron chi connectivity index (χ1n) is 6.48. The van der Waals surface area contributed by atoms with Gasteiger partial charge >= 0.3 is 0 Å². The quantitative estimate of drug-likeness (QED) is 0.847. The Bertz CT molecular complexity index is 361. The van der Waals surface area contributed by atoms with E-state index in [-0.39, 0.29) is 11.5 Å². The fourth-order valence-electron chi connectivity index (χ4n) is 2.85. The number of aryl methyl sites for hydroxylation is 1. The number of nitrogens with zero attached hydrogens (tertiary/aromatic N) is 1. The van der Waals surface area contributed by atoms with Crippen LogP contribution in [0.15, 0.2) is 24.3 Å². The van der Waals surface area contributed by atoms with Crippen molar-refractivity contribution in [2.24, 2.45) is 0 Å². The maximum atomic E-state index is 10.2. The van der Waals surface area contributed by atoms with E-state index in [0.717, 1.165) is 25.9 Å². The summed E-state index contributed by atoms with van der Waals surface area (Å²) in [5.41, 5.74) is 2.54. The van der Waals surface area contributed by atoms with Crippen LogP contribution in [0.1, 0.15) is 30.9 Å². The van der Waals surface area contributed by atoms with Crippen molar-refractivity contribution in [3.63, 3.8) is 0 Å². The van der Waals surface area contributed by atoms with E-state index in [9.17, 15) is 5.11 Å². The van der Waals surface area contributed by atoms with Crippen LogP contribution < -0.4 is 0 Å². The molecular formula is C15H23NO. The predicted molar refractivity (Wildman–Crippen MR) is 71.3 cm³/mol. The third kappa shape index (κ3) is 2.38. The molecule has 0 radical (unpaired) electrons. The van der Waals surface area contributed by atoms with Crippen LogP contribution in [0.4, 0.5) is 0 Å². The SMILES string of the molecule is Cc1ccc(C2(C(C)O)CCN(C)CC2)cc1. The minimum atomic E-state index is -0.279. The Kier molecular flexibility index (Phi) is 3.55. The normalized spacial score (nSPS) is 22.4. The van der Waals surface area contributed by atoms with Gasteiger partial charge in [-0.05, 0) is 52.4 Å². The molecule has 0 spiro atoms. The first kappa shape index (κ1) is 12.6. The van der Waals surface area contributed by atoms with Crippen molar-refractivity contribution in [3.8, 4) is 0 Å². The second kappa shape index (κ2) is 4.79. The second-order valence-electron chi connectivity index (χ2n) is 5.50. The lowest BCUT2D eigenvalue weighted by molar-refractivity contribution is 0.0486. The zero-order valence-electron chi connectivity index (χ0n) is 11.1. The number of benzene rings is 1. The van der Waals surface area contributed by atoms with Gasteiger partial charge < -0.3 is 10.0 Å². The molecule has 1 atom stereocenters. The average molecular weight is 233 g/mol. The molecule has 0 bridgehead atoms. The van der Waals surface area contributed by atoms with Crippen LogP contribution in [0.2, 0.25) is 0 Å². The molecule has 2 heteroatoms. The van der Waals surface area contributed by atoms with Crippen LogP contribution in [0, 0.1) is 6.92 Å². The van der Waals surface area contributed by atoms with Crippen molar-refractivity contribution in [2.75, 3.05) is 20.1 Å². The van der Waals surface area contributed by atoms with Gasteiger partial charge in [-0.3, -0.25) is 0 Å². The topological polar surface area (TPSA) is 23.5 Å². The van der Waals surface area contributed by atoms with Gasteiger partial charge in [-0.1, -0.05) is 29.8 Å². The first-order valence-corrected chi connectivity index (χ1v) is 6.48. The Morgan fingerprint density at radius 2 is 1.71 bits per heavy atom. The number of aliphatic hydroxyl groups is 1. The van der Waals surface area contributed by atoms with E-state index in [2.05, 4.69) is 43.1 Å². The molecule has 1 aliphatic rings. The summed E-state index contributed by atoms with van der Waals surface area (Å²) >= 11 is 0. The van der Waals surface area contributed by atoms with Crippen molar-refractivity contribution >= 4 is 0 Å². The number of hydrogen-bond donors (Lipinski definition) is 1. The number of likely N-dealkylation sites (tertiary alicyclic amines) is 1. The maximum Gasteiger partial charge on any atom is 0.0609 e. The van der Waals surface area contributed by atoms with Gasteiger partial charge in [-0.15, -0.1) is 0 Å². The Morgan fingerprint density at radius 3 is 2.18 bits per heavy atom. The Balaban J connectivity index is 2.31. The van der Waals surface area contributed by atoms with Gasteiger partial charge in [0.1, 0.15) is 0 Å². The third-order valence-corrected chi connectivity index (χ3v) is 4.31. The highest BCUT2D eigenvalue weighted by Crippen LogP contribution is 2.38. The lowest BCUT2D eigenvalue weighted by atomic mass is 9.69. The fraction of sp³-hybridized carbons (Fsp3) is 0.600. The third-order valence-electron chi connectivity index (χ3n) is 4.31. The summed E-state index contributed by atoms with van der Waals surface area (Å²) in [7, 11) is 2.15. The Labute approximate surface area is 104 Å². The molecule has 0 aromatic heterocycles. The van der Waals surface area contributed by atoms with Crippen molar-refractivity contribution < 1.29 is 5.11 Å². The van der Waals surface area contributed by atoms with Gasteiger partial charge in [0.05, 0.1) is 6.10 Å². The van der Waals surface area contributed by atoms with Crippen LogP contribution in [0.3, 0.4) is 0 Å². The minimum absolute atomic E-state index is 0.0415. The lowest BCUT2D eigenvalue weighted by Crippen LogP contribution is -2.47. The largest absolute Gasteiger partial charge is 0.392 e. The highest BCUT2D eigenvalue weighted by Gasteiger charge is 2.39. The molecule has 2 rings (SSSR count). The average Bonchev–Trinajstić information content (AvgIpc) is 2.31. The smallest absolute Gasteiger partial charge is 0.0609 e. The molecule has 0 amide bonds. The van der Waals surface area contributed by atoms with Crippen LogP contribution in [0.25, 0.3) is 0 Å². The molecule has 1 unspecified atom stereocenters. The summed E-state index contributed by atoms with van der Waals surface area (Å²) in [5.74, 6) is 0. The molecular weight excluding hydrogens is 210 g/mol. The molecule has 1 heterocycles. The van der Waals surface area contributed by atoms with Crippen molar-refractivity contribution in [3.05, 3.63) is 35.4 Å². The van der Waals surface area contributed by atoms with Gasteiger partial charge in [-0.25, -0.2) is 0 Å². The molecule has 1 aliphatic heterocycles. The molecule has 1 fully saturated rings. The van der Waals surface area contributed by atoms with E-state index < -0.39 is 0 Å². The summed E-state index contributed by atoms with van der Waals surface area (Å²) in [6.45, 7) is 6.18. The summed E-state index contributed by atoms with van der Waals surface area (Å²) in [5, 5.41) is 10.2. The minimum Gasteiger partial charge on any atom is -0.392 e. The number of aliphatic hydroxyl groups excluding tert-OH is 1.